The predicted molar refractivity (Wildman–Crippen MR) is 72.1 cm³/mol. The van der Waals surface area contributed by atoms with Crippen molar-refractivity contribution >= 4 is 29.0 Å². The number of carbonyl (C=O) groups is 1. The van der Waals surface area contributed by atoms with Crippen LogP contribution in [0.4, 0.5) is 0 Å². The molecule has 0 saturated heterocycles. The molecule has 1 aromatic carbocycles. The zero-order valence-corrected chi connectivity index (χ0v) is 10.9. The number of thioether (sulfide) groups is 1. The van der Waals surface area contributed by atoms with Crippen molar-refractivity contribution in [2.75, 3.05) is 0 Å². The first kappa shape index (κ1) is 12.1. The lowest BCUT2D eigenvalue weighted by Gasteiger charge is -2.02. The van der Waals surface area contributed by atoms with Crippen molar-refractivity contribution in [1.82, 2.24) is 4.98 Å². The van der Waals surface area contributed by atoms with E-state index in [0.717, 1.165) is 15.6 Å². The van der Waals surface area contributed by atoms with E-state index in [1.807, 2.05) is 35.7 Å². The second kappa shape index (κ2) is 5.33. The summed E-state index contributed by atoms with van der Waals surface area (Å²) in [7, 11) is 0. The second-order valence-electron chi connectivity index (χ2n) is 3.53. The zero-order valence-electron chi connectivity index (χ0n) is 9.29. The van der Waals surface area contributed by atoms with Crippen LogP contribution in [-0.2, 0) is 4.79 Å². The number of carbonyl (C=O) groups excluding carboxylic acids is 1. The van der Waals surface area contributed by atoms with Crippen LogP contribution < -0.4 is 5.73 Å². The summed E-state index contributed by atoms with van der Waals surface area (Å²) in [4.78, 5) is 15.4. The number of amides is 1. The fourth-order valence-electron chi connectivity index (χ4n) is 1.26. The van der Waals surface area contributed by atoms with Crippen molar-refractivity contribution in [2.24, 2.45) is 5.73 Å². The van der Waals surface area contributed by atoms with Crippen molar-refractivity contribution in [3.63, 3.8) is 0 Å². The highest BCUT2D eigenvalue weighted by Gasteiger charge is 2.13. The molecule has 0 aliphatic carbocycles. The lowest BCUT2D eigenvalue weighted by Crippen LogP contribution is -2.22. The molecule has 0 fully saturated rings. The number of hydrogen-bond donors (Lipinski definition) is 1. The number of hydrogen-bond acceptors (Lipinski definition) is 4. The van der Waals surface area contributed by atoms with Crippen LogP contribution in [-0.4, -0.2) is 16.1 Å². The van der Waals surface area contributed by atoms with E-state index in [2.05, 4.69) is 4.98 Å². The fourth-order valence-corrected chi connectivity index (χ4v) is 3.18. The lowest BCUT2D eigenvalue weighted by atomic mass is 10.2. The molecule has 5 heteroatoms. The van der Waals surface area contributed by atoms with Crippen LogP contribution in [0, 0.1) is 0 Å². The molecule has 0 aliphatic heterocycles. The topological polar surface area (TPSA) is 56.0 Å². The molecule has 2 N–H and O–H groups in total. The van der Waals surface area contributed by atoms with E-state index in [4.69, 9.17) is 5.73 Å². The first-order chi connectivity index (χ1) is 8.16. The zero-order chi connectivity index (χ0) is 12.3. The van der Waals surface area contributed by atoms with Crippen molar-refractivity contribution in [2.45, 2.75) is 16.5 Å². The molecule has 2 rings (SSSR count). The Hall–Kier alpha value is -1.33. The molecule has 0 radical (unpaired) electrons. The highest BCUT2D eigenvalue weighted by molar-refractivity contribution is 8.02. The summed E-state index contributed by atoms with van der Waals surface area (Å²) in [6.07, 6.45) is 0. The van der Waals surface area contributed by atoms with Crippen LogP contribution in [0.25, 0.3) is 11.3 Å². The molecule has 1 aromatic heterocycles. The minimum Gasteiger partial charge on any atom is -0.369 e. The van der Waals surface area contributed by atoms with Crippen molar-refractivity contribution < 1.29 is 4.79 Å². The molecule has 2 aromatic rings. The van der Waals surface area contributed by atoms with Crippen LogP contribution in [0.15, 0.2) is 40.1 Å². The van der Waals surface area contributed by atoms with Crippen LogP contribution >= 0.6 is 23.1 Å². The molecule has 0 spiro atoms. The smallest absolute Gasteiger partial charge is 0.230 e. The van der Waals surface area contributed by atoms with Gasteiger partial charge in [0.15, 0.2) is 4.34 Å². The summed E-state index contributed by atoms with van der Waals surface area (Å²) in [6.45, 7) is 1.79. The SMILES string of the molecule is C[C@H](Sc1nc(-c2ccccc2)cs1)C(N)=O. The van der Waals surface area contributed by atoms with Gasteiger partial charge in [0, 0.05) is 10.9 Å². The first-order valence-corrected chi connectivity index (χ1v) is 6.89. The maximum atomic E-state index is 11.0. The van der Waals surface area contributed by atoms with Gasteiger partial charge in [0.25, 0.3) is 0 Å². The Kier molecular flexibility index (Phi) is 3.81. The van der Waals surface area contributed by atoms with Crippen LogP contribution in [0.1, 0.15) is 6.92 Å². The Morgan fingerprint density at radius 2 is 2.12 bits per heavy atom. The minimum absolute atomic E-state index is 0.246. The van der Waals surface area contributed by atoms with Gasteiger partial charge in [-0.05, 0) is 6.92 Å². The van der Waals surface area contributed by atoms with Gasteiger partial charge in [0.05, 0.1) is 10.9 Å². The van der Waals surface area contributed by atoms with E-state index in [9.17, 15) is 4.79 Å². The average Bonchev–Trinajstić information content (AvgIpc) is 2.78. The molecule has 17 heavy (non-hydrogen) atoms. The van der Waals surface area contributed by atoms with Crippen LogP contribution in [0.3, 0.4) is 0 Å². The minimum atomic E-state index is -0.313. The van der Waals surface area contributed by atoms with Gasteiger partial charge in [0.1, 0.15) is 0 Å². The van der Waals surface area contributed by atoms with Crippen molar-refractivity contribution in [1.29, 1.82) is 0 Å². The van der Waals surface area contributed by atoms with Gasteiger partial charge in [-0.15, -0.1) is 11.3 Å². The Balaban J connectivity index is 2.14. The third-order valence-corrected chi connectivity index (χ3v) is 4.32. The number of aromatic nitrogens is 1. The van der Waals surface area contributed by atoms with Gasteiger partial charge in [-0.2, -0.15) is 0 Å². The van der Waals surface area contributed by atoms with E-state index >= 15 is 0 Å². The normalized spacial score (nSPS) is 12.3. The Morgan fingerprint density at radius 1 is 1.41 bits per heavy atom. The van der Waals surface area contributed by atoms with Gasteiger partial charge in [0.2, 0.25) is 5.91 Å². The molecule has 0 unspecified atom stereocenters. The van der Waals surface area contributed by atoms with Crippen molar-refractivity contribution in [3.8, 4) is 11.3 Å². The van der Waals surface area contributed by atoms with Gasteiger partial charge in [-0.1, -0.05) is 42.1 Å². The molecule has 0 aliphatic rings. The second-order valence-corrected chi connectivity index (χ2v) is 5.97. The van der Waals surface area contributed by atoms with Crippen LogP contribution in [0.2, 0.25) is 0 Å². The summed E-state index contributed by atoms with van der Waals surface area (Å²) in [5, 5.41) is 1.75. The summed E-state index contributed by atoms with van der Waals surface area (Å²) in [5.41, 5.74) is 7.24. The quantitative estimate of drug-likeness (QED) is 0.864. The summed E-state index contributed by atoms with van der Waals surface area (Å²) in [6, 6.07) is 9.96. The highest BCUT2D eigenvalue weighted by Crippen LogP contribution is 2.30. The molecule has 88 valence electrons. The molecule has 0 bridgehead atoms. The summed E-state index contributed by atoms with van der Waals surface area (Å²) in [5.74, 6) is -0.313. The highest BCUT2D eigenvalue weighted by atomic mass is 32.2. The Bertz CT molecular complexity index is 510. The van der Waals surface area contributed by atoms with Crippen molar-refractivity contribution in [3.05, 3.63) is 35.7 Å². The summed E-state index contributed by atoms with van der Waals surface area (Å²) < 4.78 is 0.871. The molecule has 3 nitrogen and oxygen atoms in total. The maximum absolute atomic E-state index is 11.0. The first-order valence-electron chi connectivity index (χ1n) is 5.14. The van der Waals surface area contributed by atoms with Crippen LogP contribution in [0.5, 0.6) is 0 Å². The molecule has 0 saturated carbocycles. The van der Waals surface area contributed by atoms with E-state index < -0.39 is 0 Å². The number of primary amides is 1. The number of nitrogens with zero attached hydrogens (tertiary/aromatic N) is 1. The van der Waals surface area contributed by atoms with Gasteiger partial charge < -0.3 is 5.73 Å². The predicted octanol–water partition coefficient (Wildman–Crippen LogP) is 2.78. The molecular formula is C12H12N2OS2. The maximum Gasteiger partial charge on any atom is 0.230 e. The largest absolute Gasteiger partial charge is 0.369 e. The Labute approximate surface area is 108 Å². The monoisotopic (exact) mass is 264 g/mol. The van der Waals surface area contributed by atoms with E-state index in [0.29, 0.717) is 0 Å². The van der Waals surface area contributed by atoms with E-state index in [1.165, 1.54) is 23.1 Å². The number of rotatable bonds is 4. The molecule has 1 heterocycles. The standard InChI is InChI=1S/C12H12N2OS2/c1-8(11(13)15)17-12-14-10(7-16-12)9-5-3-2-4-6-9/h2-8H,1H3,(H2,13,15)/t8-/m0/s1. The fraction of sp³-hybridized carbons (Fsp3) is 0.167. The van der Waals surface area contributed by atoms with E-state index in [1.54, 1.807) is 6.92 Å². The summed E-state index contributed by atoms with van der Waals surface area (Å²) >= 11 is 2.93. The lowest BCUT2D eigenvalue weighted by molar-refractivity contribution is -0.117. The van der Waals surface area contributed by atoms with E-state index in [-0.39, 0.29) is 11.2 Å². The molecule has 1 amide bonds. The Morgan fingerprint density at radius 3 is 2.76 bits per heavy atom. The number of thiazole rings is 1. The molecule has 1 atom stereocenters. The number of benzene rings is 1. The van der Waals surface area contributed by atoms with Gasteiger partial charge >= 0.3 is 0 Å². The third-order valence-electron chi connectivity index (χ3n) is 2.23. The number of nitrogens with two attached hydrogens (primary N) is 1. The third kappa shape index (κ3) is 3.08. The van der Waals surface area contributed by atoms with Gasteiger partial charge in [-0.25, -0.2) is 4.98 Å². The average molecular weight is 264 g/mol. The molecular weight excluding hydrogens is 252 g/mol. The van der Waals surface area contributed by atoms with Gasteiger partial charge in [-0.3, -0.25) is 4.79 Å².